The van der Waals surface area contributed by atoms with Gasteiger partial charge in [0.1, 0.15) is 0 Å². The quantitative estimate of drug-likeness (QED) is 0.843. The van der Waals surface area contributed by atoms with Crippen LogP contribution in [0.5, 0.6) is 0 Å². The summed E-state index contributed by atoms with van der Waals surface area (Å²) in [4.78, 5) is 22.6. The van der Waals surface area contributed by atoms with E-state index in [4.69, 9.17) is 5.11 Å². The zero-order chi connectivity index (χ0) is 13.5. The number of carboxylic acid groups (broad SMARTS) is 1. The Morgan fingerprint density at radius 1 is 1.21 bits per heavy atom. The van der Waals surface area contributed by atoms with Crippen LogP contribution in [0.25, 0.3) is 0 Å². The second-order valence-electron chi connectivity index (χ2n) is 5.65. The van der Waals surface area contributed by atoms with Gasteiger partial charge in [0.25, 0.3) is 0 Å². The van der Waals surface area contributed by atoms with Gasteiger partial charge in [0.15, 0.2) is 0 Å². The number of carboxylic acids is 1. The molecule has 19 heavy (non-hydrogen) atoms. The highest BCUT2D eigenvalue weighted by Crippen LogP contribution is 2.48. The molecule has 2 saturated carbocycles. The van der Waals surface area contributed by atoms with Crippen molar-refractivity contribution in [1.82, 2.24) is 5.32 Å². The molecule has 4 nitrogen and oxygen atoms in total. The van der Waals surface area contributed by atoms with Crippen LogP contribution in [0.4, 0.5) is 0 Å². The molecule has 2 aliphatic rings. The third-order valence-electron chi connectivity index (χ3n) is 4.29. The molecule has 1 aromatic rings. The lowest BCUT2D eigenvalue weighted by molar-refractivity contribution is -0.140. The minimum atomic E-state index is -0.857. The highest BCUT2D eigenvalue weighted by molar-refractivity contribution is 5.89. The minimum Gasteiger partial charge on any atom is -0.481 e. The number of hydrogen-bond acceptors (Lipinski definition) is 2. The molecule has 0 radical (unpaired) electrons. The number of aliphatic carboxylic acids is 1. The van der Waals surface area contributed by atoms with Crippen molar-refractivity contribution >= 4 is 11.9 Å². The van der Waals surface area contributed by atoms with Crippen LogP contribution in [0, 0.1) is 11.8 Å². The molecule has 2 fully saturated rings. The Morgan fingerprint density at radius 2 is 1.89 bits per heavy atom. The molecule has 0 bridgehead atoms. The summed E-state index contributed by atoms with van der Waals surface area (Å²) in [6.45, 7) is 0.624. The van der Waals surface area contributed by atoms with E-state index in [2.05, 4.69) is 17.4 Å². The monoisotopic (exact) mass is 259 g/mol. The average Bonchev–Trinajstić information content (AvgIpc) is 3.30. The number of carbonyl (C=O) groups is 2. The maximum absolute atomic E-state index is 11.9. The molecule has 2 N–H and O–H groups in total. The van der Waals surface area contributed by atoms with Gasteiger partial charge in [-0.3, -0.25) is 9.59 Å². The highest BCUT2D eigenvalue weighted by atomic mass is 16.4. The van der Waals surface area contributed by atoms with Gasteiger partial charge in [0.2, 0.25) is 5.91 Å². The molecular weight excluding hydrogens is 242 g/mol. The molecule has 0 saturated heterocycles. The molecule has 3 rings (SSSR count). The van der Waals surface area contributed by atoms with Gasteiger partial charge < -0.3 is 10.4 Å². The van der Waals surface area contributed by atoms with E-state index in [0.29, 0.717) is 13.0 Å². The van der Waals surface area contributed by atoms with E-state index < -0.39 is 11.9 Å². The third kappa shape index (κ3) is 2.35. The molecule has 1 amide bonds. The number of nitrogens with one attached hydrogen (secondary N) is 1. The number of amides is 1. The normalized spacial score (nSPS) is 26.5. The van der Waals surface area contributed by atoms with Gasteiger partial charge in [-0.25, -0.2) is 0 Å². The first-order valence-electron chi connectivity index (χ1n) is 6.68. The van der Waals surface area contributed by atoms with Crippen molar-refractivity contribution in [2.45, 2.75) is 24.7 Å². The van der Waals surface area contributed by atoms with E-state index in [9.17, 15) is 9.59 Å². The van der Waals surface area contributed by atoms with Crippen LogP contribution in [-0.4, -0.2) is 23.5 Å². The summed E-state index contributed by atoms with van der Waals surface area (Å²) in [6.07, 6.45) is 2.66. The third-order valence-corrected chi connectivity index (χ3v) is 4.29. The standard InChI is InChI=1S/C15H17NO3/c17-13(11-8-12(11)14(18)19)16-9-15(6-7-15)10-4-2-1-3-5-10/h1-5,11-12H,6-9H2,(H,16,17)(H,18,19)/t11-,12-/m0/s1. The Morgan fingerprint density at radius 3 is 2.42 bits per heavy atom. The first-order chi connectivity index (χ1) is 9.12. The van der Waals surface area contributed by atoms with E-state index in [-0.39, 0.29) is 17.2 Å². The summed E-state index contributed by atoms with van der Waals surface area (Å²) < 4.78 is 0. The van der Waals surface area contributed by atoms with Crippen molar-refractivity contribution in [1.29, 1.82) is 0 Å². The summed E-state index contributed by atoms with van der Waals surface area (Å²) in [6, 6.07) is 10.2. The van der Waals surface area contributed by atoms with Crippen LogP contribution >= 0.6 is 0 Å². The van der Waals surface area contributed by atoms with Crippen molar-refractivity contribution in [3.8, 4) is 0 Å². The van der Waals surface area contributed by atoms with Crippen LogP contribution in [0.1, 0.15) is 24.8 Å². The van der Waals surface area contributed by atoms with Crippen molar-refractivity contribution in [3.63, 3.8) is 0 Å². The smallest absolute Gasteiger partial charge is 0.307 e. The molecule has 2 atom stereocenters. The topological polar surface area (TPSA) is 66.4 Å². The SMILES string of the molecule is O=C(O)[C@H]1C[C@@H]1C(=O)NCC1(c2ccccc2)CC1. The number of hydrogen-bond donors (Lipinski definition) is 2. The van der Waals surface area contributed by atoms with Gasteiger partial charge >= 0.3 is 5.97 Å². The van der Waals surface area contributed by atoms with Crippen molar-refractivity contribution in [2.75, 3.05) is 6.54 Å². The van der Waals surface area contributed by atoms with Crippen molar-refractivity contribution in [2.24, 2.45) is 11.8 Å². The van der Waals surface area contributed by atoms with Gasteiger partial charge in [0, 0.05) is 12.0 Å². The first kappa shape index (κ1) is 12.2. The highest BCUT2D eigenvalue weighted by Gasteiger charge is 2.50. The molecule has 0 heterocycles. The molecule has 0 aromatic heterocycles. The average molecular weight is 259 g/mol. The second-order valence-corrected chi connectivity index (χ2v) is 5.65. The lowest BCUT2D eigenvalue weighted by Gasteiger charge is -2.16. The van der Waals surface area contributed by atoms with Crippen LogP contribution < -0.4 is 5.32 Å². The van der Waals surface area contributed by atoms with Gasteiger partial charge in [-0.2, -0.15) is 0 Å². The summed E-state index contributed by atoms with van der Waals surface area (Å²) in [7, 11) is 0. The van der Waals surface area contributed by atoms with Gasteiger partial charge in [-0.05, 0) is 24.8 Å². The van der Waals surface area contributed by atoms with Crippen LogP contribution in [0.15, 0.2) is 30.3 Å². The Balaban J connectivity index is 1.56. The molecular formula is C15H17NO3. The van der Waals surface area contributed by atoms with E-state index in [1.165, 1.54) is 5.56 Å². The maximum Gasteiger partial charge on any atom is 0.307 e. The summed E-state index contributed by atoms with van der Waals surface area (Å²) >= 11 is 0. The molecule has 0 aliphatic heterocycles. The van der Waals surface area contributed by atoms with Gasteiger partial charge in [0.05, 0.1) is 11.8 Å². The molecule has 0 spiro atoms. The predicted octanol–water partition coefficient (Wildman–Crippen LogP) is 1.56. The molecule has 2 aliphatic carbocycles. The molecule has 0 unspecified atom stereocenters. The van der Waals surface area contributed by atoms with Crippen LogP contribution in [-0.2, 0) is 15.0 Å². The maximum atomic E-state index is 11.9. The minimum absolute atomic E-state index is 0.0878. The zero-order valence-corrected chi connectivity index (χ0v) is 10.6. The fraction of sp³-hybridized carbons (Fsp3) is 0.467. The van der Waals surface area contributed by atoms with E-state index in [0.717, 1.165) is 12.8 Å². The number of rotatable bonds is 5. The summed E-state index contributed by atoms with van der Waals surface area (Å²) in [5.41, 5.74) is 1.35. The fourth-order valence-electron chi connectivity index (χ4n) is 2.66. The van der Waals surface area contributed by atoms with Crippen molar-refractivity contribution < 1.29 is 14.7 Å². The first-order valence-corrected chi connectivity index (χ1v) is 6.68. The zero-order valence-electron chi connectivity index (χ0n) is 10.6. The number of carbonyl (C=O) groups excluding carboxylic acids is 1. The van der Waals surface area contributed by atoms with E-state index in [1.54, 1.807) is 0 Å². The van der Waals surface area contributed by atoms with Gasteiger partial charge in [-0.1, -0.05) is 30.3 Å². The Hall–Kier alpha value is -1.84. The van der Waals surface area contributed by atoms with E-state index >= 15 is 0 Å². The van der Waals surface area contributed by atoms with E-state index in [1.807, 2.05) is 18.2 Å². The van der Waals surface area contributed by atoms with Crippen molar-refractivity contribution in [3.05, 3.63) is 35.9 Å². The second kappa shape index (κ2) is 4.37. The van der Waals surface area contributed by atoms with Crippen LogP contribution in [0.2, 0.25) is 0 Å². The lowest BCUT2D eigenvalue weighted by Crippen LogP contribution is -2.33. The Bertz CT molecular complexity index is 507. The summed E-state index contributed by atoms with van der Waals surface area (Å²) in [5, 5.41) is 11.7. The predicted molar refractivity (Wildman–Crippen MR) is 69.6 cm³/mol. The Kier molecular flexibility index (Phi) is 2.81. The Labute approximate surface area is 111 Å². The summed E-state index contributed by atoms with van der Waals surface area (Å²) in [5.74, 6) is -1.74. The van der Waals surface area contributed by atoms with Gasteiger partial charge in [-0.15, -0.1) is 0 Å². The molecule has 4 heteroatoms. The van der Waals surface area contributed by atoms with Crippen LogP contribution in [0.3, 0.4) is 0 Å². The lowest BCUT2D eigenvalue weighted by atomic mass is 9.96. The fourth-order valence-corrected chi connectivity index (χ4v) is 2.66. The molecule has 100 valence electrons. The largest absolute Gasteiger partial charge is 0.481 e. The number of benzene rings is 1. The molecule has 1 aromatic carbocycles.